The second-order valence-electron chi connectivity index (χ2n) is 9.64. The van der Waals surface area contributed by atoms with E-state index in [0.717, 1.165) is 6.42 Å². The second-order valence-corrected chi connectivity index (χ2v) is 9.64. The Kier molecular flexibility index (Phi) is 6.71. The van der Waals surface area contributed by atoms with E-state index in [9.17, 15) is 0 Å². The molecule has 0 fully saturated rings. The van der Waals surface area contributed by atoms with Crippen LogP contribution in [-0.2, 0) is 10.8 Å². The number of nitrogens with zero attached hydrogens (tertiary/aromatic N) is 1. The SMILES string of the molecule is CCCC(C)(C)c1ccc(N(c2ccccc2)c2ccc(C(C)(C)CC)cc2)cc1. The van der Waals surface area contributed by atoms with Crippen LogP contribution in [0.2, 0.25) is 0 Å². The first kappa shape index (κ1) is 22.2. The molecule has 0 spiro atoms. The maximum Gasteiger partial charge on any atom is 0.0461 e. The van der Waals surface area contributed by atoms with Crippen LogP contribution in [0.4, 0.5) is 17.1 Å². The van der Waals surface area contributed by atoms with E-state index >= 15 is 0 Å². The molecule has 0 saturated carbocycles. The molecule has 0 aliphatic rings. The summed E-state index contributed by atoms with van der Waals surface area (Å²) >= 11 is 0. The highest BCUT2D eigenvalue weighted by Gasteiger charge is 2.21. The molecular weight excluding hydrogens is 362 g/mol. The van der Waals surface area contributed by atoms with Gasteiger partial charge in [0.1, 0.15) is 0 Å². The van der Waals surface area contributed by atoms with Crippen LogP contribution in [-0.4, -0.2) is 0 Å². The van der Waals surface area contributed by atoms with E-state index in [1.54, 1.807) is 0 Å². The van der Waals surface area contributed by atoms with Crippen molar-refractivity contribution in [3.63, 3.8) is 0 Å². The molecule has 0 aliphatic heterocycles. The van der Waals surface area contributed by atoms with Crippen LogP contribution in [0.15, 0.2) is 78.9 Å². The predicted molar refractivity (Wildman–Crippen MR) is 132 cm³/mol. The van der Waals surface area contributed by atoms with Gasteiger partial charge in [0.05, 0.1) is 0 Å². The zero-order valence-corrected chi connectivity index (χ0v) is 19.6. The van der Waals surface area contributed by atoms with Gasteiger partial charge in [0, 0.05) is 17.1 Å². The van der Waals surface area contributed by atoms with Gasteiger partial charge in [0.2, 0.25) is 0 Å². The first-order chi connectivity index (χ1) is 14.3. The Morgan fingerprint density at radius 2 is 1.00 bits per heavy atom. The van der Waals surface area contributed by atoms with Crippen molar-refractivity contribution in [2.24, 2.45) is 0 Å². The fourth-order valence-corrected chi connectivity index (χ4v) is 4.12. The maximum absolute atomic E-state index is 2.35. The van der Waals surface area contributed by atoms with Crippen LogP contribution in [0.25, 0.3) is 0 Å². The number of hydrogen-bond donors (Lipinski definition) is 0. The van der Waals surface area contributed by atoms with Crippen molar-refractivity contribution in [1.29, 1.82) is 0 Å². The number of hydrogen-bond acceptors (Lipinski definition) is 1. The van der Waals surface area contributed by atoms with Gasteiger partial charge in [-0.1, -0.05) is 90.4 Å². The monoisotopic (exact) mass is 399 g/mol. The molecule has 30 heavy (non-hydrogen) atoms. The van der Waals surface area contributed by atoms with Crippen molar-refractivity contribution in [2.45, 2.75) is 71.6 Å². The molecule has 0 amide bonds. The van der Waals surface area contributed by atoms with Gasteiger partial charge >= 0.3 is 0 Å². The van der Waals surface area contributed by atoms with Crippen LogP contribution >= 0.6 is 0 Å². The van der Waals surface area contributed by atoms with Gasteiger partial charge < -0.3 is 4.90 Å². The molecular formula is C29H37N. The van der Waals surface area contributed by atoms with Gasteiger partial charge in [-0.3, -0.25) is 0 Å². The van der Waals surface area contributed by atoms with Gasteiger partial charge in [-0.2, -0.15) is 0 Å². The summed E-state index contributed by atoms with van der Waals surface area (Å²) in [5.74, 6) is 0. The minimum atomic E-state index is 0.197. The van der Waals surface area contributed by atoms with E-state index in [0.29, 0.717) is 0 Å². The Balaban J connectivity index is 2.01. The third-order valence-electron chi connectivity index (χ3n) is 6.59. The number of para-hydroxylation sites is 1. The number of benzene rings is 3. The van der Waals surface area contributed by atoms with E-state index in [2.05, 4.69) is 125 Å². The molecule has 0 saturated heterocycles. The van der Waals surface area contributed by atoms with Crippen molar-refractivity contribution in [3.05, 3.63) is 90.0 Å². The molecule has 0 aromatic heterocycles. The topological polar surface area (TPSA) is 3.24 Å². The Morgan fingerprint density at radius 3 is 1.43 bits per heavy atom. The summed E-state index contributed by atoms with van der Waals surface area (Å²) in [6.07, 6.45) is 3.53. The third kappa shape index (κ3) is 4.78. The lowest BCUT2D eigenvalue weighted by Gasteiger charge is -2.29. The highest BCUT2D eigenvalue weighted by Crippen LogP contribution is 2.37. The van der Waals surface area contributed by atoms with E-state index < -0.39 is 0 Å². The molecule has 0 heterocycles. The molecule has 3 rings (SSSR count). The highest BCUT2D eigenvalue weighted by molar-refractivity contribution is 5.76. The Morgan fingerprint density at radius 1 is 0.567 bits per heavy atom. The summed E-state index contributed by atoms with van der Waals surface area (Å²) in [6.45, 7) is 13.8. The number of rotatable bonds is 8. The molecule has 0 radical (unpaired) electrons. The van der Waals surface area contributed by atoms with E-state index in [4.69, 9.17) is 0 Å². The third-order valence-corrected chi connectivity index (χ3v) is 6.59. The Bertz CT molecular complexity index is 918. The molecule has 1 heteroatoms. The fraction of sp³-hybridized carbons (Fsp3) is 0.379. The zero-order chi connectivity index (χ0) is 21.8. The van der Waals surface area contributed by atoms with E-state index in [1.165, 1.54) is 41.0 Å². The Labute approximate surface area is 183 Å². The molecule has 158 valence electrons. The summed E-state index contributed by atoms with van der Waals surface area (Å²) in [7, 11) is 0. The lowest BCUT2D eigenvalue weighted by molar-refractivity contribution is 0.473. The summed E-state index contributed by atoms with van der Waals surface area (Å²) < 4.78 is 0. The standard InChI is InChI=1S/C29H37N/c1-7-22-29(5,6)24-16-20-27(21-17-24)30(25-12-10-9-11-13-25)26-18-14-23(15-19-26)28(3,4)8-2/h9-21H,7-8,22H2,1-6H3. The summed E-state index contributed by atoms with van der Waals surface area (Å²) in [4.78, 5) is 2.35. The van der Waals surface area contributed by atoms with Crippen LogP contribution < -0.4 is 4.90 Å². The summed E-state index contributed by atoms with van der Waals surface area (Å²) in [6, 6.07) is 28.9. The van der Waals surface area contributed by atoms with Crippen molar-refractivity contribution in [2.75, 3.05) is 4.90 Å². The molecule has 3 aromatic carbocycles. The largest absolute Gasteiger partial charge is 0.311 e. The first-order valence-corrected chi connectivity index (χ1v) is 11.3. The molecule has 1 nitrogen and oxygen atoms in total. The molecule has 0 aliphatic carbocycles. The lowest BCUT2D eigenvalue weighted by atomic mass is 9.80. The van der Waals surface area contributed by atoms with Crippen LogP contribution in [0.3, 0.4) is 0 Å². The van der Waals surface area contributed by atoms with Gasteiger partial charge in [-0.15, -0.1) is 0 Å². The Hall–Kier alpha value is -2.54. The molecule has 3 aromatic rings. The van der Waals surface area contributed by atoms with Crippen molar-refractivity contribution in [3.8, 4) is 0 Å². The van der Waals surface area contributed by atoms with Gasteiger partial charge in [-0.05, 0) is 71.2 Å². The zero-order valence-electron chi connectivity index (χ0n) is 19.6. The van der Waals surface area contributed by atoms with E-state index in [-0.39, 0.29) is 10.8 Å². The second kappa shape index (κ2) is 9.08. The average Bonchev–Trinajstić information content (AvgIpc) is 2.75. The van der Waals surface area contributed by atoms with Crippen molar-refractivity contribution >= 4 is 17.1 Å². The van der Waals surface area contributed by atoms with E-state index in [1.807, 2.05) is 0 Å². The van der Waals surface area contributed by atoms with Crippen molar-refractivity contribution in [1.82, 2.24) is 0 Å². The molecule has 0 atom stereocenters. The molecule has 0 bridgehead atoms. The lowest BCUT2D eigenvalue weighted by Crippen LogP contribution is -2.17. The molecule has 0 unspecified atom stereocenters. The number of anilines is 3. The average molecular weight is 400 g/mol. The minimum Gasteiger partial charge on any atom is -0.311 e. The quantitative estimate of drug-likeness (QED) is 0.365. The first-order valence-electron chi connectivity index (χ1n) is 11.3. The van der Waals surface area contributed by atoms with Gasteiger partial charge in [0.15, 0.2) is 0 Å². The highest BCUT2D eigenvalue weighted by atomic mass is 15.1. The normalized spacial score (nSPS) is 12.1. The smallest absolute Gasteiger partial charge is 0.0461 e. The van der Waals surface area contributed by atoms with Crippen LogP contribution in [0.5, 0.6) is 0 Å². The minimum absolute atomic E-state index is 0.197. The van der Waals surface area contributed by atoms with Gasteiger partial charge in [0.25, 0.3) is 0 Å². The van der Waals surface area contributed by atoms with Crippen molar-refractivity contribution < 1.29 is 0 Å². The summed E-state index contributed by atoms with van der Waals surface area (Å²) in [5, 5.41) is 0. The fourth-order valence-electron chi connectivity index (χ4n) is 4.12. The molecule has 0 N–H and O–H groups in total. The maximum atomic E-state index is 2.35. The van der Waals surface area contributed by atoms with Crippen LogP contribution in [0.1, 0.15) is 71.9 Å². The summed E-state index contributed by atoms with van der Waals surface area (Å²) in [5.41, 5.74) is 6.76. The predicted octanol–water partition coefficient (Wildman–Crippen LogP) is 8.92. The van der Waals surface area contributed by atoms with Gasteiger partial charge in [-0.25, -0.2) is 0 Å². The van der Waals surface area contributed by atoms with Crippen LogP contribution in [0, 0.1) is 0 Å².